The van der Waals surface area contributed by atoms with Gasteiger partial charge < -0.3 is 24.2 Å². The van der Waals surface area contributed by atoms with Crippen molar-refractivity contribution in [3.63, 3.8) is 0 Å². The third-order valence-corrected chi connectivity index (χ3v) is 3.16. The Labute approximate surface area is 117 Å². The molecular weight excluding hydrogens is 262 g/mol. The Bertz CT molecular complexity index is 451. The lowest BCUT2D eigenvalue weighted by atomic mass is 10.2. The minimum absolute atomic E-state index is 0.0658. The SMILES string of the molecule is COc1cccc(OCC(=O)N2CCOC[C@@H]2CO)c1. The first-order valence-corrected chi connectivity index (χ1v) is 6.49. The van der Waals surface area contributed by atoms with Crippen molar-refractivity contribution in [3.8, 4) is 11.5 Å². The second-order valence-electron chi connectivity index (χ2n) is 4.47. The van der Waals surface area contributed by atoms with Crippen LogP contribution in [0.25, 0.3) is 0 Å². The fourth-order valence-corrected chi connectivity index (χ4v) is 2.05. The van der Waals surface area contributed by atoms with E-state index >= 15 is 0 Å². The number of aliphatic hydroxyl groups excluding tert-OH is 1. The molecule has 1 amide bonds. The zero-order chi connectivity index (χ0) is 14.4. The predicted molar refractivity (Wildman–Crippen MR) is 71.9 cm³/mol. The van der Waals surface area contributed by atoms with E-state index in [1.807, 2.05) is 0 Å². The maximum atomic E-state index is 12.1. The molecule has 1 aliphatic rings. The molecule has 1 fully saturated rings. The number of benzene rings is 1. The second kappa shape index (κ2) is 7.12. The van der Waals surface area contributed by atoms with Gasteiger partial charge in [-0.05, 0) is 12.1 Å². The molecule has 0 radical (unpaired) electrons. The van der Waals surface area contributed by atoms with Crippen molar-refractivity contribution in [2.75, 3.05) is 40.1 Å². The summed E-state index contributed by atoms with van der Waals surface area (Å²) in [5.74, 6) is 1.09. The summed E-state index contributed by atoms with van der Waals surface area (Å²) in [5, 5.41) is 9.23. The summed E-state index contributed by atoms with van der Waals surface area (Å²) in [4.78, 5) is 13.7. The van der Waals surface area contributed by atoms with Crippen LogP contribution in [0.3, 0.4) is 0 Å². The van der Waals surface area contributed by atoms with E-state index in [1.54, 1.807) is 36.3 Å². The molecule has 1 aromatic rings. The van der Waals surface area contributed by atoms with Crippen LogP contribution in [-0.2, 0) is 9.53 Å². The van der Waals surface area contributed by atoms with Gasteiger partial charge in [-0.25, -0.2) is 0 Å². The van der Waals surface area contributed by atoms with Crippen LogP contribution in [0.15, 0.2) is 24.3 Å². The van der Waals surface area contributed by atoms with Crippen molar-refractivity contribution in [2.45, 2.75) is 6.04 Å². The summed E-state index contributed by atoms with van der Waals surface area (Å²) in [6.07, 6.45) is 0. The van der Waals surface area contributed by atoms with Crippen LogP contribution in [0, 0.1) is 0 Å². The van der Waals surface area contributed by atoms with Gasteiger partial charge in [0.15, 0.2) is 6.61 Å². The number of amides is 1. The first-order valence-electron chi connectivity index (χ1n) is 6.49. The third-order valence-electron chi connectivity index (χ3n) is 3.16. The number of rotatable bonds is 5. The highest BCUT2D eigenvalue weighted by Crippen LogP contribution is 2.19. The molecular formula is C14H19NO5. The predicted octanol–water partition coefficient (Wildman–Crippen LogP) is 0.294. The lowest BCUT2D eigenvalue weighted by Crippen LogP contribution is -2.51. The highest BCUT2D eigenvalue weighted by molar-refractivity contribution is 5.78. The molecule has 6 heteroatoms. The van der Waals surface area contributed by atoms with Crippen molar-refractivity contribution < 1.29 is 24.1 Å². The van der Waals surface area contributed by atoms with Gasteiger partial charge in [-0.15, -0.1) is 0 Å². The summed E-state index contributed by atoms with van der Waals surface area (Å²) in [5.41, 5.74) is 0. The minimum Gasteiger partial charge on any atom is -0.497 e. The van der Waals surface area contributed by atoms with E-state index in [-0.39, 0.29) is 25.2 Å². The van der Waals surface area contributed by atoms with Gasteiger partial charge in [0, 0.05) is 12.6 Å². The summed E-state index contributed by atoms with van der Waals surface area (Å²) < 4.78 is 15.8. The summed E-state index contributed by atoms with van der Waals surface area (Å²) in [6, 6.07) is 6.79. The molecule has 20 heavy (non-hydrogen) atoms. The van der Waals surface area contributed by atoms with Gasteiger partial charge in [0.25, 0.3) is 5.91 Å². The van der Waals surface area contributed by atoms with E-state index in [9.17, 15) is 9.90 Å². The molecule has 0 saturated carbocycles. The molecule has 0 unspecified atom stereocenters. The standard InChI is InChI=1S/C14H19NO5/c1-18-12-3-2-4-13(7-12)20-10-14(17)15-5-6-19-9-11(15)8-16/h2-4,7,11,16H,5-6,8-10H2,1H3/t11-/m0/s1. The van der Waals surface area contributed by atoms with Crippen molar-refractivity contribution in [2.24, 2.45) is 0 Å². The fraction of sp³-hybridized carbons (Fsp3) is 0.500. The first kappa shape index (κ1) is 14.6. The molecule has 1 heterocycles. The van der Waals surface area contributed by atoms with Gasteiger partial charge in [0.1, 0.15) is 11.5 Å². The molecule has 6 nitrogen and oxygen atoms in total. The summed E-state index contributed by atoms with van der Waals surface area (Å²) in [7, 11) is 1.57. The molecule has 1 N–H and O–H groups in total. The molecule has 0 aromatic heterocycles. The van der Waals surface area contributed by atoms with Crippen molar-refractivity contribution in [1.82, 2.24) is 4.90 Å². The number of hydrogen-bond donors (Lipinski definition) is 1. The number of aliphatic hydroxyl groups is 1. The topological polar surface area (TPSA) is 68.2 Å². The Morgan fingerprint density at radius 1 is 1.50 bits per heavy atom. The molecule has 1 atom stereocenters. The first-order chi connectivity index (χ1) is 9.74. The lowest BCUT2D eigenvalue weighted by Gasteiger charge is -2.34. The van der Waals surface area contributed by atoms with Crippen LogP contribution in [0.4, 0.5) is 0 Å². The quantitative estimate of drug-likeness (QED) is 0.840. The maximum Gasteiger partial charge on any atom is 0.260 e. The summed E-state index contributed by atoms with van der Waals surface area (Å²) >= 11 is 0. The Morgan fingerprint density at radius 3 is 3.05 bits per heavy atom. The van der Waals surface area contributed by atoms with Crippen LogP contribution in [-0.4, -0.2) is 62.0 Å². The smallest absolute Gasteiger partial charge is 0.260 e. The molecule has 2 rings (SSSR count). The van der Waals surface area contributed by atoms with E-state index in [2.05, 4.69) is 0 Å². The molecule has 0 aliphatic carbocycles. The fourth-order valence-electron chi connectivity index (χ4n) is 2.05. The number of methoxy groups -OCH3 is 1. The highest BCUT2D eigenvalue weighted by atomic mass is 16.5. The Kier molecular flexibility index (Phi) is 5.20. The van der Waals surface area contributed by atoms with Gasteiger partial charge in [0.2, 0.25) is 0 Å². The van der Waals surface area contributed by atoms with Crippen LogP contribution in [0.5, 0.6) is 11.5 Å². The molecule has 110 valence electrons. The minimum atomic E-state index is -0.287. The van der Waals surface area contributed by atoms with Crippen molar-refractivity contribution in [3.05, 3.63) is 24.3 Å². The molecule has 1 aliphatic heterocycles. The van der Waals surface area contributed by atoms with Gasteiger partial charge in [0.05, 0.1) is 33.0 Å². The van der Waals surface area contributed by atoms with Crippen LogP contribution >= 0.6 is 0 Å². The van der Waals surface area contributed by atoms with Crippen molar-refractivity contribution >= 4 is 5.91 Å². The zero-order valence-electron chi connectivity index (χ0n) is 11.4. The van der Waals surface area contributed by atoms with Gasteiger partial charge in [-0.1, -0.05) is 6.07 Å². The Hall–Kier alpha value is -1.79. The largest absolute Gasteiger partial charge is 0.497 e. The third kappa shape index (κ3) is 3.61. The molecule has 1 saturated heterocycles. The van der Waals surface area contributed by atoms with Crippen molar-refractivity contribution in [1.29, 1.82) is 0 Å². The number of carbonyl (C=O) groups is 1. The lowest BCUT2D eigenvalue weighted by molar-refractivity contribution is -0.143. The van der Waals surface area contributed by atoms with Gasteiger partial charge in [-0.3, -0.25) is 4.79 Å². The Balaban J connectivity index is 1.90. The number of carbonyl (C=O) groups excluding carboxylic acids is 1. The van der Waals surface area contributed by atoms with Crippen LogP contribution < -0.4 is 9.47 Å². The number of morpholine rings is 1. The molecule has 0 bridgehead atoms. The van der Waals surface area contributed by atoms with E-state index in [0.29, 0.717) is 31.3 Å². The average molecular weight is 281 g/mol. The Morgan fingerprint density at radius 2 is 2.30 bits per heavy atom. The highest BCUT2D eigenvalue weighted by Gasteiger charge is 2.26. The van der Waals surface area contributed by atoms with Gasteiger partial charge >= 0.3 is 0 Å². The van der Waals surface area contributed by atoms with Crippen LogP contribution in [0.1, 0.15) is 0 Å². The van der Waals surface area contributed by atoms with E-state index in [4.69, 9.17) is 14.2 Å². The molecule has 1 aromatic carbocycles. The summed E-state index contributed by atoms with van der Waals surface area (Å²) in [6.45, 7) is 1.16. The van der Waals surface area contributed by atoms with Crippen LogP contribution in [0.2, 0.25) is 0 Å². The zero-order valence-corrected chi connectivity index (χ0v) is 11.4. The number of hydrogen-bond acceptors (Lipinski definition) is 5. The van der Waals surface area contributed by atoms with E-state index < -0.39 is 0 Å². The van der Waals surface area contributed by atoms with E-state index in [0.717, 1.165) is 0 Å². The van der Waals surface area contributed by atoms with Gasteiger partial charge in [-0.2, -0.15) is 0 Å². The number of ether oxygens (including phenoxy) is 3. The normalized spacial score (nSPS) is 18.7. The number of nitrogens with zero attached hydrogens (tertiary/aromatic N) is 1. The van der Waals surface area contributed by atoms with E-state index in [1.165, 1.54) is 0 Å². The second-order valence-corrected chi connectivity index (χ2v) is 4.47. The average Bonchev–Trinajstić information content (AvgIpc) is 2.52. The monoisotopic (exact) mass is 281 g/mol. The maximum absolute atomic E-state index is 12.1. The molecule has 0 spiro atoms.